The maximum atomic E-state index is 14.2. The molecule has 4 aliphatic rings. The molecular weight excluding hydrogens is 630 g/mol. The molecule has 4 rings (SSSR count). The zero-order valence-electron chi connectivity index (χ0n) is 30.9. The van der Waals surface area contributed by atoms with E-state index in [-0.39, 0.29) is 63.8 Å². The molecule has 4 saturated carbocycles. The summed E-state index contributed by atoms with van der Waals surface area (Å²) in [5, 5.41) is 6.68. The minimum absolute atomic E-state index is 0.000714. The second kappa shape index (κ2) is 16.0. The summed E-state index contributed by atoms with van der Waals surface area (Å²) in [5.74, 6) is 1.09. The molecule has 0 spiro atoms. The molecule has 0 radical (unpaired) electrons. The highest BCUT2D eigenvalue weighted by atomic mass is 32.3. The molecule has 0 aliphatic heterocycles. The molecule has 0 heterocycles. The minimum Gasteiger partial charge on any atom is -0.462 e. The minimum atomic E-state index is -4.51. The van der Waals surface area contributed by atoms with Crippen molar-refractivity contribution in [2.45, 2.75) is 138 Å². The van der Waals surface area contributed by atoms with Crippen LogP contribution in [0, 0.1) is 57.7 Å². The van der Waals surface area contributed by atoms with E-state index in [1.807, 2.05) is 0 Å². The Hall–Kier alpha value is -1.27. The Morgan fingerprint density at radius 3 is 2.27 bits per heavy atom. The number of hydrogen-bond donors (Lipinski definition) is 4. The number of esters is 1. The molecule has 0 aromatic rings. The molecule has 1 amide bonds. The fourth-order valence-corrected chi connectivity index (χ4v) is 12.3. The monoisotopic (exact) mass is 697 g/mol. The lowest BCUT2D eigenvalue weighted by Gasteiger charge is -2.68. The van der Waals surface area contributed by atoms with Crippen LogP contribution in [0.4, 0.5) is 0 Å². The van der Waals surface area contributed by atoms with E-state index >= 15 is 0 Å². The first-order chi connectivity index (χ1) is 22.5. The number of hydrogen-bond acceptors (Lipinski definition) is 8. The van der Waals surface area contributed by atoms with E-state index in [0.717, 1.165) is 83.7 Å². The lowest BCUT2D eigenvalue weighted by Crippen LogP contribution is -2.62. The summed E-state index contributed by atoms with van der Waals surface area (Å²) in [4.78, 5) is 26.8. The molecule has 11 atom stereocenters. The average Bonchev–Trinajstić information content (AvgIpc) is 3.27. The second-order valence-corrected chi connectivity index (χ2v) is 18.1. The van der Waals surface area contributed by atoms with Crippen LogP contribution in [0.2, 0.25) is 0 Å². The van der Waals surface area contributed by atoms with Crippen LogP contribution in [0.25, 0.3) is 0 Å². The molecule has 3 unspecified atom stereocenters. The summed E-state index contributed by atoms with van der Waals surface area (Å²) in [5.41, 5.74) is 5.46. The van der Waals surface area contributed by atoms with Gasteiger partial charge in [0.1, 0.15) is 6.10 Å². The van der Waals surface area contributed by atoms with Crippen LogP contribution in [0.15, 0.2) is 0 Å². The van der Waals surface area contributed by atoms with Crippen molar-refractivity contribution in [3.63, 3.8) is 0 Å². The SMILES string of the molecule is CC(=O)O[C@H]1C[C@@]2(C)C(CCC3[C@@]4(C)CC[C@@H](OS(=O)(=O)O)[C@@H](C)C4CC[C@@]32C)[C@@H]1[C@H](CCCC(C)C)C(=O)NCCCNCCCN. The molecule has 5 N–H and O–H groups in total. The number of nitrogens with one attached hydrogen (secondary N) is 2. The van der Waals surface area contributed by atoms with E-state index in [0.29, 0.717) is 31.3 Å². The topological polar surface area (TPSA) is 157 Å². The van der Waals surface area contributed by atoms with Crippen LogP contribution in [0.5, 0.6) is 0 Å². The maximum Gasteiger partial charge on any atom is 0.397 e. The number of carbonyl (C=O) groups is 2. The Labute approximate surface area is 291 Å². The predicted octanol–water partition coefficient (Wildman–Crippen LogP) is 5.90. The molecule has 48 heavy (non-hydrogen) atoms. The normalized spacial score (nSPS) is 38.5. The molecule has 0 saturated heterocycles. The van der Waals surface area contributed by atoms with Gasteiger partial charge in [-0.3, -0.25) is 14.1 Å². The average molecular weight is 698 g/mol. The molecule has 278 valence electrons. The Kier molecular flexibility index (Phi) is 13.1. The molecule has 11 heteroatoms. The van der Waals surface area contributed by atoms with Gasteiger partial charge in [0.2, 0.25) is 5.91 Å². The Morgan fingerprint density at radius 1 is 0.917 bits per heavy atom. The number of carbonyl (C=O) groups excluding carboxylic acids is 2. The quantitative estimate of drug-likeness (QED) is 0.0876. The predicted molar refractivity (Wildman–Crippen MR) is 188 cm³/mol. The highest BCUT2D eigenvalue weighted by molar-refractivity contribution is 7.80. The van der Waals surface area contributed by atoms with Crippen molar-refractivity contribution >= 4 is 22.3 Å². The summed E-state index contributed by atoms with van der Waals surface area (Å²) < 4.78 is 44.2. The van der Waals surface area contributed by atoms with Gasteiger partial charge < -0.3 is 21.1 Å². The van der Waals surface area contributed by atoms with Gasteiger partial charge in [-0.25, -0.2) is 4.18 Å². The van der Waals surface area contributed by atoms with Gasteiger partial charge in [0.15, 0.2) is 0 Å². The summed E-state index contributed by atoms with van der Waals surface area (Å²) in [6.07, 6.45) is 9.98. The van der Waals surface area contributed by atoms with Crippen molar-refractivity contribution in [1.82, 2.24) is 10.6 Å². The zero-order chi connectivity index (χ0) is 35.5. The van der Waals surface area contributed by atoms with Crippen molar-refractivity contribution in [3.05, 3.63) is 0 Å². The van der Waals surface area contributed by atoms with Crippen molar-refractivity contribution in [1.29, 1.82) is 0 Å². The Balaban J connectivity index is 1.60. The molecule has 4 fully saturated rings. The number of amides is 1. The van der Waals surface area contributed by atoms with Gasteiger partial charge in [0.05, 0.1) is 6.10 Å². The van der Waals surface area contributed by atoms with E-state index in [9.17, 15) is 22.6 Å². The van der Waals surface area contributed by atoms with Crippen molar-refractivity contribution in [2.24, 2.45) is 63.4 Å². The van der Waals surface area contributed by atoms with Gasteiger partial charge in [-0.2, -0.15) is 8.42 Å². The van der Waals surface area contributed by atoms with E-state index < -0.39 is 16.5 Å². The molecule has 0 bridgehead atoms. The van der Waals surface area contributed by atoms with Gasteiger partial charge in [0.25, 0.3) is 0 Å². The molecule has 4 aliphatic carbocycles. The first kappa shape index (κ1) is 39.5. The van der Waals surface area contributed by atoms with Crippen LogP contribution in [0.3, 0.4) is 0 Å². The van der Waals surface area contributed by atoms with E-state index in [1.165, 1.54) is 6.92 Å². The third-order valence-corrected chi connectivity index (χ3v) is 14.5. The zero-order valence-corrected chi connectivity index (χ0v) is 31.7. The third kappa shape index (κ3) is 8.27. The third-order valence-electron chi connectivity index (χ3n) is 14.0. The fourth-order valence-electron chi connectivity index (χ4n) is 11.7. The molecule has 0 aromatic heterocycles. The van der Waals surface area contributed by atoms with Gasteiger partial charge in [0, 0.05) is 25.3 Å². The number of nitrogens with two attached hydrogens (primary N) is 1. The fraction of sp³-hybridized carbons (Fsp3) is 0.946. The lowest BCUT2D eigenvalue weighted by atomic mass is 9.37. The molecule has 10 nitrogen and oxygen atoms in total. The van der Waals surface area contributed by atoms with E-state index in [4.69, 9.17) is 14.7 Å². The summed E-state index contributed by atoms with van der Waals surface area (Å²) >= 11 is 0. The molecular formula is C37H67N3O7S. The van der Waals surface area contributed by atoms with Crippen molar-refractivity contribution < 1.29 is 31.5 Å². The van der Waals surface area contributed by atoms with Crippen molar-refractivity contribution in [2.75, 3.05) is 26.2 Å². The summed E-state index contributed by atoms with van der Waals surface area (Å²) in [6, 6.07) is 0. The van der Waals surface area contributed by atoms with Crippen LogP contribution in [0.1, 0.15) is 126 Å². The lowest BCUT2D eigenvalue weighted by molar-refractivity contribution is -0.201. The largest absolute Gasteiger partial charge is 0.462 e. The number of rotatable bonds is 16. The van der Waals surface area contributed by atoms with Crippen LogP contribution >= 0.6 is 0 Å². The van der Waals surface area contributed by atoms with E-state index in [1.54, 1.807) is 0 Å². The number of fused-ring (bicyclic) bond motifs is 5. The first-order valence-electron chi connectivity index (χ1n) is 19.0. The highest BCUT2D eigenvalue weighted by Gasteiger charge is 2.70. The van der Waals surface area contributed by atoms with Gasteiger partial charge in [-0.15, -0.1) is 0 Å². The van der Waals surface area contributed by atoms with Crippen LogP contribution < -0.4 is 16.4 Å². The second-order valence-electron chi connectivity index (χ2n) is 17.1. The van der Waals surface area contributed by atoms with Gasteiger partial charge in [-0.05, 0) is 130 Å². The van der Waals surface area contributed by atoms with E-state index in [2.05, 4.69) is 52.2 Å². The van der Waals surface area contributed by atoms with Crippen LogP contribution in [-0.4, -0.2) is 63.2 Å². The number of ether oxygens (including phenoxy) is 1. The molecule has 0 aromatic carbocycles. The van der Waals surface area contributed by atoms with Crippen LogP contribution in [-0.2, 0) is 28.9 Å². The standard InChI is InChI=1S/C37H67N3O7S/c1-24(2)11-8-12-27(34(42)40-22-10-21-39-20-9-19-38)33-29-13-14-32-35(5)17-16-30(47-48(43,44)45)25(3)28(35)15-18-36(32,6)37(29,7)23-31(33)46-26(4)41/h24-25,27-33,39H,8-23,38H2,1-7H3,(H,40,42)(H,43,44,45)/t25-,27-,28?,29?,30+,31-,32?,33-,35-,36-,37-/m0/s1. The van der Waals surface area contributed by atoms with Crippen molar-refractivity contribution in [3.8, 4) is 0 Å². The van der Waals surface area contributed by atoms with Gasteiger partial charge in [-0.1, -0.05) is 54.4 Å². The summed E-state index contributed by atoms with van der Waals surface area (Å²) in [7, 11) is -4.51. The highest BCUT2D eigenvalue weighted by Crippen LogP contribution is 2.75. The first-order valence-corrected chi connectivity index (χ1v) is 20.4. The Morgan fingerprint density at radius 2 is 1.62 bits per heavy atom. The Bertz CT molecular complexity index is 1220. The maximum absolute atomic E-state index is 14.2. The van der Waals surface area contributed by atoms with Gasteiger partial charge >= 0.3 is 16.4 Å². The smallest absolute Gasteiger partial charge is 0.397 e. The summed E-state index contributed by atoms with van der Waals surface area (Å²) in [6.45, 7) is 18.3.